The van der Waals surface area contributed by atoms with Crippen LogP contribution in [0.15, 0.2) is 18.2 Å². The van der Waals surface area contributed by atoms with E-state index in [1.165, 1.54) is 0 Å². The molecule has 0 saturated carbocycles. The van der Waals surface area contributed by atoms with Gasteiger partial charge in [0.2, 0.25) is 0 Å². The molecule has 1 unspecified atom stereocenters. The van der Waals surface area contributed by atoms with Gasteiger partial charge in [0, 0.05) is 0 Å². The topological polar surface area (TPSA) is 45.0 Å². The normalized spacial score (nSPS) is 11.9. The Morgan fingerprint density at radius 1 is 1.35 bits per heavy atom. The molecule has 17 heavy (non-hydrogen) atoms. The summed E-state index contributed by atoms with van der Waals surface area (Å²) < 4.78 is 5.73. The van der Waals surface area contributed by atoms with Gasteiger partial charge < -0.3 is 4.74 Å². The summed E-state index contributed by atoms with van der Waals surface area (Å²) in [6.07, 6.45) is 1.02. The molecule has 0 bridgehead atoms. The molecule has 0 fully saturated rings. The summed E-state index contributed by atoms with van der Waals surface area (Å²) in [6.45, 7) is 7.34. The smallest absolute Gasteiger partial charge is 0.130 e. The van der Waals surface area contributed by atoms with Crippen molar-refractivity contribution in [3.05, 3.63) is 29.3 Å². The number of hydrogen-bond donors (Lipinski definition) is 1. The highest BCUT2D eigenvalue weighted by atomic mass is 16.5. The third kappa shape index (κ3) is 4.08. The van der Waals surface area contributed by atoms with E-state index < -0.39 is 0 Å². The van der Waals surface area contributed by atoms with Gasteiger partial charge in [0.1, 0.15) is 18.4 Å². The van der Waals surface area contributed by atoms with Gasteiger partial charge in [0.05, 0.1) is 6.07 Å². The second-order valence-electron chi connectivity index (χ2n) is 4.17. The van der Waals surface area contributed by atoms with Crippen molar-refractivity contribution in [3.63, 3.8) is 0 Å². The van der Waals surface area contributed by atoms with E-state index in [1.54, 1.807) is 0 Å². The quantitative estimate of drug-likeness (QED) is 0.820. The SMILES string of the molecule is CCCNC(C#N)COc1c(C)cccc1C. The molecule has 0 aliphatic heterocycles. The Morgan fingerprint density at radius 2 is 2.00 bits per heavy atom. The summed E-state index contributed by atoms with van der Waals surface area (Å²) in [6, 6.07) is 8.01. The molecular formula is C14H20N2O. The number of aryl methyl sites for hydroxylation is 2. The number of rotatable bonds is 6. The molecule has 92 valence electrons. The van der Waals surface area contributed by atoms with E-state index in [9.17, 15) is 0 Å². The highest BCUT2D eigenvalue weighted by Crippen LogP contribution is 2.22. The monoisotopic (exact) mass is 232 g/mol. The maximum Gasteiger partial charge on any atom is 0.130 e. The summed E-state index contributed by atoms with van der Waals surface area (Å²) >= 11 is 0. The fraction of sp³-hybridized carbons (Fsp3) is 0.500. The fourth-order valence-corrected chi connectivity index (χ4v) is 1.65. The Balaban J connectivity index is 2.57. The molecule has 1 N–H and O–H groups in total. The van der Waals surface area contributed by atoms with Gasteiger partial charge in [-0.3, -0.25) is 5.32 Å². The number of nitrogens with zero attached hydrogens (tertiary/aromatic N) is 1. The third-order valence-corrected chi connectivity index (χ3v) is 2.60. The summed E-state index contributed by atoms with van der Waals surface area (Å²) in [4.78, 5) is 0. The number of benzene rings is 1. The Kier molecular flexibility index (Phi) is 5.51. The van der Waals surface area contributed by atoms with Gasteiger partial charge in [-0.1, -0.05) is 25.1 Å². The molecular weight excluding hydrogens is 212 g/mol. The van der Waals surface area contributed by atoms with Crippen LogP contribution in [0.1, 0.15) is 24.5 Å². The first-order valence-corrected chi connectivity index (χ1v) is 6.01. The fourth-order valence-electron chi connectivity index (χ4n) is 1.65. The lowest BCUT2D eigenvalue weighted by Crippen LogP contribution is -2.33. The predicted octanol–water partition coefficient (Wildman–Crippen LogP) is 2.57. The Hall–Kier alpha value is -1.53. The molecule has 0 amide bonds. The van der Waals surface area contributed by atoms with Crippen LogP contribution in [0.4, 0.5) is 0 Å². The van der Waals surface area contributed by atoms with Gasteiger partial charge in [-0.2, -0.15) is 5.26 Å². The van der Waals surface area contributed by atoms with E-state index >= 15 is 0 Å². The molecule has 0 spiro atoms. The van der Waals surface area contributed by atoms with Crippen molar-refractivity contribution in [2.24, 2.45) is 0 Å². The Labute approximate surface area is 103 Å². The second-order valence-corrected chi connectivity index (χ2v) is 4.17. The lowest BCUT2D eigenvalue weighted by atomic mass is 10.1. The molecule has 1 rings (SSSR count). The van der Waals surface area contributed by atoms with Crippen molar-refractivity contribution in [2.75, 3.05) is 13.2 Å². The van der Waals surface area contributed by atoms with Crippen LogP contribution in [-0.2, 0) is 0 Å². The van der Waals surface area contributed by atoms with E-state index in [4.69, 9.17) is 10.00 Å². The van der Waals surface area contributed by atoms with Gasteiger partial charge in [-0.05, 0) is 37.9 Å². The number of nitriles is 1. The van der Waals surface area contributed by atoms with E-state index in [0.29, 0.717) is 6.61 Å². The van der Waals surface area contributed by atoms with Crippen molar-refractivity contribution in [1.29, 1.82) is 5.26 Å². The Bertz CT molecular complexity index is 375. The molecule has 0 aliphatic carbocycles. The van der Waals surface area contributed by atoms with E-state index in [2.05, 4.69) is 18.3 Å². The minimum atomic E-state index is -0.242. The van der Waals surface area contributed by atoms with Crippen molar-refractivity contribution in [1.82, 2.24) is 5.32 Å². The molecule has 0 aromatic heterocycles. The zero-order valence-electron chi connectivity index (χ0n) is 10.8. The second kappa shape index (κ2) is 6.93. The minimum Gasteiger partial charge on any atom is -0.490 e. The number of para-hydroxylation sites is 1. The van der Waals surface area contributed by atoms with Crippen LogP contribution < -0.4 is 10.1 Å². The van der Waals surface area contributed by atoms with Crippen LogP contribution >= 0.6 is 0 Å². The van der Waals surface area contributed by atoms with Crippen LogP contribution in [0.2, 0.25) is 0 Å². The third-order valence-electron chi connectivity index (χ3n) is 2.60. The Morgan fingerprint density at radius 3 is 2.53 bits per heavy atom. The van der Waals surface area contributed by atoms with Crippen LogP contribution in [0.25, 0.3) is 0 Å². The maximum atomic E-state index is 8.98. The van der Waals surface area contributed by atoms with Crippen LogP contribution in [0.3, 0.4) is 0 Å². The first kappa shape index (κ1) is 13.5. The zero-order valence-corrected chi connectivity index (χ0v) is 10.8. The maximum absolute atomic E-state index is 8.98. The molecule has 0 saturated heterocycles. The molecule has 0 heterocycles. The number of hydrogen-bond acceptors (Lipinski definition) is 3. The summed E-state index contributed by atoms with van der Waals surface area (Å²) in [5.41, 5.74) is 2.22. The van der Waals surface area contributed by atoms with Crippen LogP contribution in [-0.4, -0.2) is 19.2 Å². The van der Waals surface area contributed by atoms with E-state index in [1.807, 2.05) is 32.0 Å². The lowest BCUT2D eigenvalue weighted by Gasteiger charge is -2.15. The summed E-state index contributed by atoms with van der Waals surface area (Å²) in [5, 5.41) is 12.1. The van der Waals surface area contributed by atoms with Gasteiger partial charge in [0.15, 0.2) is 0 Å². The summed E-state index contributed by atoms with van der Waals surface area (Å²) in [5.74, 6) is 0.894. The predicted molar refractivity (Wildman–Crippen MR) is 69.1 cm³/mol. The van der Waals surface area contributed by atoms with E-state index in [0.717, 1.165) is 29.8 Å². The van der Waals surface area contributed by atoms with Gasteiger partial charge in [-0.25, -0.2) is 0 Å². The van der Waals surface area contributed by atoms with E-state index in [-0.39, 0.29) is 6.04 Å². The first-order chi connectivity index (χ1) is 8.19. The van der Waals surface area contributed by atoms with Gasteiger partial charge in [-0.15, -0.1) is 0 Å². The first-order valence-electron chi connectivity index (χ1n) is 6.01. The molecule has 3 nitrogen and oxygen atoms in total. The largest absolute Gasteiger partial charge is 0.490 e. The minimum absolute atomic E-state index is 0.242. The zero-order chi connectivity index (χ0) is 12.7. The van der Waals surface area contributed by atoms with Crippen molar-refractivity contribution in [3.8, 4) is 11.8 Å². The average Bonchev–Trinajstić information content (AvgIpc) is 2.32. The van der Waals surface area contributed by atoms with Crippen molar-refractivity contribution in [2.45, 2.75) is 33.2 Å². The number of ether oxygens (including phenoxy) is 1. The molecule has 3 heteroatoms. The highest BCUT2D eigenvalue weighted by molar-refractivity contribution is 5.39. The number of nitrogens with one attached hydrogen (secondary N) is 1. The highest BCUT2D eigenvalue weighted by Gasteiger charge is 2.09. The molecule has 0 radical (unpaired) electrons. The molecule has 1 aromatic rings. The average molecular weight is 232 g/mol. The summed E-state index contributed by atoms with van der Waals surface area (Å²) in [7, 11) is 0. The lowest BCUT2D eigenvalue weighted by molar-refractivity contribution is 0.286. The van der Waals surface area contributed by atoms with Crippen molar-refractivity contribution >= 4 is 0 Å². The van der Waals surface area contributed by atoms with Gasteiger partial charge >= 0.3 is 0 Å². The molecule has 1 atom stereocenters. The van der Waals surface area contributed by atoms with Crippen LogP contribution in [0, 0.1) is 25.2 Å². The van der Waals surface area contributed by atoms with Gasteiger partial charge in [0.25, 0.3) is 0 Å². The molecule has 1 aromatic carbocycles. The van der Waals surface area contributed by atoms with Crippen molar-refractivity contribution < 1.29 is 4.74 Å². The standard InChI is InChI=1S/C14H20N2O/c1-4-8-16-13(9-15)10-17-14-11(2)6-5-7-12(14)3/h5-7,13,16H,4,8,10H2,1-3H3. The molecule has 0 aliphatic rings. The van der Waals surface area contributed by atoms with Crippen LogP contribution in [0.5, 0.6) is 5.75 Å².